The van der Waals surface area contributed by atoms with Crippen LogP contribution in [0.2, 0.25) is 0 Å². The van der Waals surface area contributed by atoms with Crippen molar-refractivity contribution < 1.29 is 0 Å². The highest BCUT2D eigenvalue weighted by Crippen LogP contribution is 2.32. The van der Waals surface area contributed by atoms with Gasteiger partial charge in [-0.05, 0) is 61.3 Å². The second-order valence-corrected chi connectivity index (χ2v) is 7.10. The van der Waals surface area contributed by atoms with Crippen LogP contribution >= 0.6 is 0 Å². The molecule has 1 saturated heterocycles. The molecule has 4 nitrogen and oxygen atoms in total. The molecule has 0 spiro atoms. The highest BCUT2D eigenvalue weighted by Gasteiger charge is 2.21. The fourth-order valence-electron chi connectivity index (χ4n) is 4.19. The summed E-state index contributed by atoms with van der Waals surface area (Å²) in [5, 5.41) is 5.96. The minimum Gasteiger partial charge on any atom is -0.317 e. The predicted molar refractivity (Wildman–Crippen MR) is 106 cm³/mol. The lowest BCUT2D eigenvalue weighted by molar-refractivity contribution is 0.368. The molecule has 2 aromatic carbocycles. The second-order valence-electron chi connectivity index (χ2n) is 7.10. The number of aromatic nitrogens is 3. The van der Waals surface area contributed by atoms with E-state index in [1.54, 1.807) is 0 Å². The van der Waals surface area contributed by atoms with Crippen molar-refractivity contribution in [3.8, 4) is 11.1 Å². The molecule has 0 saturated carbocycles. The SMILES string of the molecule is Cc1nc2c(-c3ccc4ccccc4c3)ccnc2n1C1CCNCC1. The van der Waals surface area contributed by atoms with Crippen LogP contribution in [0.3, 0.4) is 0 Å². The average Bonchev–Trinajstić information content (AvgIpc) is 3.04. The number of fused-ring (bicyclic) bond motifs is 2. The number of nitrogens with one attached hydrogen (secondary N) is 1. The van der Waals surface area contributed by atoms with E-state index in [1.165, 1.54) is 16.3 Å². The molecule has 1 aliphatic heterocycles. The van der Waals surface area contributed by atoms with Gasteiger partial charge in [-0.25, -0.2) is 9.97 Å². The van der Waals surface area contributed by atoms with Gasteiger partial charge in [0.1, 0.15) is 11.3 Å². The minimum absolute atomic E-state index is 0.487. The maximum absolute atomic E-state index is 4.92. The van der Waals surface area contributed by atoms with Crippen molar-refractivity contribution in [3.63, 3.8) is 0 Å². The van der Waals surface area contributed by atoms with Crippen molar-refractivity contribution >= 4 is 21.9 Å². The van der Waals surface area contributed by atoms with Crippen molar-refractivity contribution in [2.75, 3.05) is 13.1 Å². The van der Waals surface area contributed by atoms with Gasteiger partial charge in [-0.1, -0.05) is 36.4 Å². The standard InChI is InChI=1S/C22H22N4/c1-15-25-21-20(18-7-6-16-4-2-3-5-17(16)14-18)10-13-24-22(21)26(15)19-8-11-23-12-9-19/h2-7,10,13-14,19,23H,8-9,11-12H2,1H3. The third-order valence-corrected chi connectivity index (χ3v) is 5.49. The van der Waals surface area contributed by atoms with Gasteiger partial charge in [-0.15, -0.1) is 0 Å². The molecule has 2 aromatic heterocycles. The van der Waals surface area contributed by atoms with Gasteiger partial charge in [0.05, 0.1) is 0 Å². The maximum atomic E-state index is 4.92. The van der Waals surface area contributed by atoms with Crippen LogP contribution in [0, 0.1) is 6.92 Å². The Balaban J connectivity index is 1.68. The third-order valence-electron chi connectivity index (χ3n) is 5.49. The van der Waals surface area contributed by atoms with E-state index in [1.807, 2.05) is 6.20 Å². The molecular formula is C22H22N4. The van der Waals surface area contributed by atoms with Crippen molar-refractivity contribution in [2.24, 2.45) is 0 Å². The zero-order chi connectivity index (χ0) is 17.5. The van der Waals surface area contributed by atoms with E-state index < -0.39 is 0 Å². The number of rotatable bonds is 2. The van der Waals surface area contributed by atoms with Crippen LogP contribution in [-0.2, 0) is 0 Å². The average molecular weight is 342 g/mol. The van der Waals surface area contributed by atoms with Gasteiger partial charge in [-0.2, -0.15) is 0 Å². The van der Waals surface area contributed by atoms with E-state index >= 15 is 0 Å². The molecular weight excluding hydrogens is 320 g/mol. The van der Waals surface area contributed by atoms with Crippen molar-refractivity contribution in [1.29, 1.82) is 0 Å². The summed E-state index contributed by atoms with van der Waals surface area (Å²) in [5.74, 6) is 1.06. The zero-order valence-electron chi connectivity index (χ0n) is 14.9. The molecule has 3 heterocycles. The second kappa shape index (κ2) is 6.22. The lowest BCUT2D eigenvalue weighted by Crippen LogP contribution is -2.29. The highest BCUT2D eigenvalue weighted by molar-refractivity contribution is 5.94. The van der Waals surface area contributed by atoms with Crippen LogP contribution in [-0.4, -0.2) is 27.6 Å². The molecule has 1 fully saturated rings. The zero-order valence-corrected chi connectivity index (χ0v) is 14.9. The summed E-state index contributed by atoms with van der Waals surface area (Å²) in [4.78, 5) is 9.63. The molecule has 0 bridgehead atoms. The molecule has 0 unspecified atom stereocenters. The molecule has 130 valence electrons. The Kier molecular flexibility index (Phi) is 3.71. The Hall–Kier alpha value is -2.72. The van der Waals surface area contributed by atoms with Gasteiger partial charge in [0.2, 0.25) is 0 Å². The van der Waals surface area contributed by atoms with E-state index in [-0.39, 0.29) is 0 Å². The minimum atomic E-state index is 0.487. The van der Waals surface area contributed by atoms with Gasteiger partial charge >= 0.3 is 0 Å². The fourth-order valence-corrected chi connectivity index (χ4v) is 4.19. The quantitative estimate of drug-likeness (QED) is 0.584. The topological polar surface area (TPSA) is 42.7 Å². The van der Waals surface area contributed by atoms with Crippen molar-refractivity contribution in [2.45, 2.75) is 25.8 Å². The number of piperidine rings is 1. The summed E-state index contributed by atoms with van der Waals surface area (Å²) in [6.07, 6.45) is 4.19. The van der Waals surface area contributed by atoms with Gasteiger partial charge in [0.25, 0.3) is 0 Å². The Morgan fingerprint density at radius 1 is 1.00 bits per heavy atom. The molecule has 1 N–H and O–H groups in total. The fraction of sp³-hybridized carbons (Fsp3) is 0.273. The van der Waals surface area contributed by atoms with Crippen LogP contribution in [0.4, 0.5) is 0 Å². The molecule has 0 aliphatic carbocycles. The van der Waals surface area contributed by atoms with Crippen LogP contribution < -0.4 is 5.32 Å². The monoisotopic (exact) mass is 342 g/mol. The molecule has 26 heavy (non-hydrogen) atoms. The number of imidazole rings is 1. The Bertz CT molecular complexity index is 1090. The lowest BCUT2D eigenvalue weighted by Gasteiger charge is -2.25. The van der Waals surface area contributed by atoms with Gasteiger partial charge in [-0.3, -0.25) is 0 Å². The number of nitrogens with zero attached hydrogens (tertiary/aromatic N) is 3. The van der Waals surface area contributed by atoms with E-state index in [0.29, 0.717) is 6.04 Å². The summed E-state index contributed by atoms with van der Waals surface area (Å²) >= 11 is 0. The first-order valence-corrected chi connectivity index (χ1v) is 9.35. The van der Waals surface area contributed by atoms with Gasteiger partial charge in [0, 0.05) is 17.8 Å². The lowest BCUT2D eigenvalue weighted by atomic mass is 10.0. The number of benzene rings is 2. The van der Waals surface area contributed by atoms with Crippen LogP contribution in [0.25, 0.3) is 33.1 Å². The molecule has 0 amide bonds. The van der Waals surface area contributed by atoms with Gasteiger partial charge in [0.15, 0.2) is 5.65 Å². The molecule has 4 heteroatoms. The first-order chi connectivity index (χ1) is 12.8. The van der Waals surface area contributed by atoms with Crippen LogP contribution in [0.1, 0.15) is 24.7 Å². The van der Waals surface area contributed by atoms with E-state index in [0.717, 1.165) is 48.5 Å². The number of pyridine rings is 1. The first-order valence-electron chi connectivity index (χ1n) is 9.35. The summed E-state index contributed by atoms with van der Waals surface area (Å²) in [7, 11) is 0. The van der Waals surface area contributed by atoms with Crippen LogP contribution in [0.5, 0.6) is 0 Å². The Morgan fingerprint density at radius 3 is 2.65 bits per heavy atom. The van der Waals surface area contributed by atoms with Crippen molar-refractivity contribution in [1.82, 2.24) is 19.9 Å². The molecule has 0 atom stereocenters. The Morgan fingerprint density at radius 2 is 1.81 bits per heavy atom. The van der Waals surface area contributed by atoms with Gasteiger partial charge < -0.3 is 9.88 Å². The molecule has 0 radical (unpaired) electrons. The number of aryl methyl sites for hydroxylation is 1. The normalized spacial score (nSPS) is 15.7. The summed E-state index contributed by atoms with van der Waals surface area (Å²) < 4.78 is 2.35. The van der Waals surface area contributed by atoms with Crippen LogP contribution in [0.15, 0.2) is 54.7 Å². The Labute approximate surface area is 152 Å². The van der Waals surface area contributed by atoms with Crippen molar-refractivity contribution in [3.05, 3.63) is 60.6 Å². The highest BCUT2D eigenvalue weighted by atomic mass is 15.2. The number of hydrogen-bond acceptors (Lipinski definition) is 3. The maximum Gasteiger partial charge on any atom is 0.160 e. The smallest absolute Gasteiger partial charge is 0.160 e. The summed E-state index contributed by atoms with van der Waals surface area (Å²) in [6, 6.07) is 17.7. The van der Waals surface area contributed by atoms with E-state index in [2.05, 4.69) is 65.3 Å². The first kappa shape index (κ1) is 15.5. The summed E-state index contributed by atoms with van der Waals surface area (Å²) in [6.45, 7) is 4.23. The summed E-state index contributed by atoms with van der Waals surface area (Å²) in [5.41, 5.74) is 4.39. The predicted octanol–water partition coefficient (Wildman–Crippen LogP) is 4.48. The third kappa shape index (κ3) is 2.49. The van der Waals surface area contributed by atoms with E-state index in [4.69, 9.17) is 9.97 Å². The van der Waals surface area contributed by atoms with E-state index in [9.17, 15) is 0 Å². The largest absolute Gasteiger partial charge is 0.317 e. The molecule has 1 aliphatic rings. The number of hydrogen-bond donors (Lipinski definition) is 1. The molecule has 4 aromatic rings. The molecule has 5 rings (SSSR count).